The maximum atomic E-state index is 12.2. The van der Waals surface area contributed by atoms with Crippen molar-refractivity contribution < 1.29 is 18.3 Å². The van der Waals surface area contributed by atoms with E-state index >= 15 is 0 Å². The van der Waals surface area contributed by atoms with Crippen LogP contribution in [-0.4, -0.2) is 25.0 Å². The number of halogens is 1. The fourth-order valence-electron chi connectivity index (χ4n) is 1.76. The predicted octanol–water partition coefficient (Wildman–Crippen LogP) is 2.04. The molecule has 0 aliphatic heterocycles. The van der Waals surface area contributed by atoms with E-state index in [1.54, 1.807) is 11.4 Å². The molecule has 1 aromatic rings. The summed E-state index contributed by atoms with van der Waals surface area (Å²) in [5, 5.41) is 10.9. The molecule has 8 heteroatoms. The Balaban J connectivity index is 2.33. The molecule has 1 saturated carbocycles. The summed E-state index contributed by atoms with van der Waals surface area (Å²) in [5.74, 6) is -1.27. The molecule has 18 heavy (non-hydrogen) atoms. The number of hydrogen-bond acceptors (Lipinski definition) is 4. The molecule has 0 spiro atoms. The van der Waals surface area contributed by atoms with Crippen LogP contribution >= 0.6 is 27.3 Å². The molecule has 1 unspecified atom stereocenters. The third kappa shape index (κ3) is 2.47. The quantitative estimate of drug-likeness (QED) is 0.848. The van der Waals surface area contributed by atoms with Crippen LogP contribution in [0.2, 0.25) is 0 Å². The molecule has 2 N–H and O–H groups in total. The molecule has 0 aromatic carbocycles. The Morgan fingerprint density at radius 2 is 2.22 bits per heavy atom. The Hall–Kier alpha value is -0.440. The van der Waals surface area contributed by atoms with Crippen LogP contribution in [-0.2, 0) is 14.8 Å². The number of nitrogens with one attached hydrogen (secondary N) is 1. The second-order valence-electron chi connectivity index (χ2n) is 4.44. The Kier molecular flexibility index (Phi) is 3.56. The van der Waals surface area contributed by atoms with Crippen molar-refractivity contribution in [3.63, 3.8) is 0 Å². The van der Waals surface area contributed by atoms with Crippen LogP contribution < -0.4 is 4.72 Å². The number of carboxylic acids is 1. The third-order valence-corrected chi connectivity index (χ3v) is 7.25. The number of sulfonamides is 1. The van der Waals surface area contributed by atoms with Crippen molar-refractivity contribution >= 4 is 43.3 Å². The number of carbonyl (C=O) groups is 1. The van der Waals surface area contributed by atoms with E-state index in [2.05, 4.69) is 20.7 Å². The number of carboxylic acid groups (broad SMARTS) is 1. The number of thiophene rings is 1. The highest BCUT2D eigenvalue weighted by Crippen LogP contribution is 2.41. The Bertz CT molecular complexity index is 578. The van der Waals surface area contributed by atoms with Gasteiger partial charge in [-0.2, -0.15) is 4.72 Å². The minimum Gasteiger partial charge on any atom is -0.480 e. The summed E-state index contributed by atoms with van der Waals surface area (Å²) in [6.45, 7) is 1.42. The minimum absolute atomic E-state index is 0.107. The van der Waals surface area contributed by atoms with Crippen molar-refractivity contribution in [2.75, 3.05) is 0 Å². The molecule has 1 aromatic heterocycles. The molecule has 0 radical (unpaired) electrons. The van der Waals surface area contributed by atoms with Gasteiger partial charge in [-0.25, -0.2) is 8.42 Å². The molecule has 5 nitrogen and oxygen atoms in total. The van der Waals surface area contributed by atoms with Crippen LogP contribution in [0.15, 0.2) is 20.1 Å². The SMILES string of the molecule is CC(NS(=O)(=O)c1sccc1Br)(C(=O)O)C1CC1. The summed E-state index contributed by atoms with van der Waals surface area (Å²) in [4.78, 5) is 11.3. The molecule has 1 aliphatic rings. The standard InChI is InChI=1S/C10H12BrNO4S2/c1-10(9(13)14,6-2-3-6)12-18(15,16)8-7(11)4-5-17-8/h4-6,12H,2-3H2,1H3,(H,13,14). The Morgan fingerprint density at radius 3 is 2.61 bits per heavy atom. The largest absolute Gasteiger partial charge is 0.480 e. The molecule has 0 amide bonds. The molecule has 1 fully saturated rings. The lowest BCUT2D eigenvalue weighted by atomic mass is 9.98. The van der Waals surface area contributed by atoms with Gasteiger partial charge in [-0.05, 0) is 53.1 Å². The lowest BCUT2D eigenvalue weighted by molar-refractivity contribution is -0.144. The maximum Gasteiger partial charge on any atom is 0.324 e. The van der Waals surface area contributed by atoms with Gasteiger partial charge >= 0.3 is 5.97 Å². The average Bonchev–Trinajstić information content (AvgIpc) is 3.00. The first-order valence-electron chi connectivity index (χ1n) is 5.28. The van der Waals surface area contributed by atoms with E-state index in [0.717, 1.165) is 24.2 Å². The van der Waals surface area contributed by atoms with Crippen LogP contribution in [0.4, 0.5) is 0 Å². The minimum atomic E-state index is -3.81. The monoisotopic (exact) mass is 353 g/mol. The third-order valence-electron chi connectivity index (χ3n) is 3.01. The molecule has 100 valence electrons. The zero-order valence-electron chi connectivity index (χ0n) is 9.51. The van der Waals surface area contributed by atoms with E-state index in [1.165, 1.54) is 6.92 Å². The van der Waals surface area contributed by atoms with E-state index in [9.17, 15) is 18.3 Å². The van der Waals surface area contributed by atoms with Crippen LogP contribution in [0.1, 0.15) is 19.8 Å². The van der Waals surface area contributed by atoms with Gasteiger partial charge in [-0.1, -0.05) is 0 Å². The number of rotatable bonds is 5. The van der Waals surface area contributed by atoms with Crippen LogP contribution in [0.25, 0.3) is 0 Å². The zero-order chi connectivity index (χ0) is 13.6. The zero-order valence-corrected chi connectivity index (χ0v) is 12.7. The highest BCUT2D eigenvalue weighted by atomic mass is 79.9. The van der Waals surface area contributed by atoms with Gasteiger partial charge in [0.05, 0.1) is 0 Å². The van der Waals surface area contributed by atoms with Gasteiger partial charge in [0.1, 0.15) is 9.75 Å². The smallest absolute Gasteiger partial charge is 0.324 e. The maximum absolute atomic E-state index is 12.2. The van der Waals surface area contributed by atoms with Crippen molar-refractivity contribution in [2.24, 2.45) is 5.92 Å². The normalized spacial score (nSPS) is 19.4. The molecule has 0 saturated heterocycles. The number of aliphatic carboxylic acids is 1. The fourth-order valence-corrected chi connectivity index (χ4v) is 5.52. The summed E-state index contributed by atoms with van der Waals surface area (Å²) < 4.78 is 27.2. The Morgan fingerprint density at radius 1 is 1.61 bits per heavy atom. The van der Waals surface area contributed by atoms with Gasteiger partial charge in [-0.3, -0.25) is 4.79 Å². The van der Waals surface area contributed by atoms with Gasteiger partial charge in [0.2, 0.25) is 0 Å². The van der Waals surface area contributed by atoms with E-state index < -0.39 is 21.5 Å². The number of hydrogen-bond donors (Lipinski definition) is 2. The lowest BCUT2D eigenvalue weighted by Gasteiger charge is -2.25. The van der Waals surface area contributed by atoms with Crippen LogP contribution in [0, 0.1) is 5.92 Å². The second-order valence-corrected chi connectivity index (χ2v) is 8.09. The molecule has 1 atom stereocenters. The predicted molar refractivity (Wildman–Crippen MR) is 71.1 cm³/mol. The van der Waals surface area contributed by atoms with E-state index in [-0.39, 0.29) is 10.1 Å². The summed E-state index contributed by atoms with van der Waals surface area (Å²) in [7, 11) is -3.81. The molecular formula is C10H12BrNO4S2. The summed E-state index contributed by atoms with van der Waals surface area (Å²) in [6.07, 6.45) is 1.47. The van der Waals surface area contributed by atoms with E-state index in [4.69, 9.17) is 0 Å². The van der Waals surface area contributed by atoms with E-state index in [1.807, 2.05) is 0 Å². The first-order chi connectivity index (χ1) is 8.27. The summed E-state index contributed by atoms with van der Waals surface area (Å²) in [6, 6.07) is 1.62. The topological polar surface area (TPSA) is 83.5 Å². The van der Waals surface area contributed by atoms with Gasteiger partial charge in [0, 0.05) is 4.47 Å². The first kappa shape index (κ1) is 14.0. The molecule has 1 heterocycles. The lowest BCUT2D eigenvalue weighted by Crippen LogP contribution is -2.53. The molecule has 2 rings (SSSR count). The highest BCUT2D eigenvalue weighted by molar-refractivity contribution is 9.10. The highest BCUT2D eigenvalue weighted by Gasteiger charge is 2.50. The summed E-state index contributed by atoms with van der Waals surface area (Å²) in [5.41, 5.74) is -1.43. The van der Waals surface area contributed by atoms with Gasteiger partial charge < -0.3 is 5.11 Å². The molecular weight excluding hydrogens is 342 g/mol. The van der Waals surface area contributed by atoms with Crippen LogP contribution in [0.5, 0.6) is 0 Å². The van der Waals surface area contributed by atoms with Crippen molar-refractivity contribution in [1.29, 1.82) is 0 Å². The van der Waals surface area contributed by atoms with Crippen molar-refractivity contribution in [3.8, 4) is 0 Å². The molecule has 0 bridgehead atoms. The Labute approximate surface area is 117 Å². The van der Waals surface area contributed by atoms with E-state index in [0.29, 0.717) is 4.47 Å². The molecule has 1 aliphatic carbocycles. The van der Waals surface area contributed by atoms with Gasteiger partial charge in [0.15, 0.2) is 0 Å². The van der Waals surface area contributed by atoms with Crippen molar-refractivity contribution in [2.45, 2.75) is 29.5 Å². The van der Waals surface area contributed by atoms with Crippen molar-refractivity contribution in [1.82, 2.24) is 4.72 Å². The van der Waals surface area contributed by atoms with Gasteiger partial charge in [0.25, 0.3) is 10.0 Å². The van der Waals surface area contributed by atoms with Gasteiger partial charge in [-0.15, -0.1) is 11.3 Å². The first-order valence-corrected chi connectivity index (χ1v) is 8.43. The second kappa shape index (κ2) is 4.59. The van der Waals surface area contributed by atoms with Crippen LogP contribution in [0.3, 0.4) is 0 Å². The average molecular weight is 354 g/mol. The summed E-state index contributed by atoms with van der Waals surface area (Å²) >= 11 is 4.19. The van der Waals surface area contributed by atoms with Crippen molar-refractivity contribution in [3.05, 3.63) is 15.9 Å². The fraction of sp³-hybridized carbons (Fsp3) is 0.500.